The lowest BCUT2D eigenvalue weighted by molar-refractivity contribution is 0.0530. The van der Waals surface area contributed by atoms with Crippen molar-refractivity contribution in [1.82, 2.24) is 9.97 Å². The molecule has 5 nitrogen and oxygen atoms in total. The molecule has 6 heteroatoms. The van der Waals surface area contributed by atoms with Crippen LogP contribution in [0.3, 0.4) is 0 Å². The molecular weight excluding hydrogens is 252 g/mol. The van der Waals surface area contributed by atoms with Crippen molar-refractivity contribution in [3.8, 4) is 0 Å². The first-order chi connectivity index (χ1) is 8.66. The van der Waals surface area contributed by atoms with E-state index in [1.165, 1.54) is 6.42 Å². The Bertz CT molecular complexity index is 407. The number of rotatable bonds is 4. The van der Waals surface area contributed by atoms with Crippen molar-refractivity contribution in [2.45, 2.75) is 26.2 Å². The molecule has 1 saturated heterocycles. The van der Waals surface area contributed by atoms with Crippen LogP contribution in [0.2, 0.25) is 5.02 Å². The molecule has 1 aromatic rings. The van der Waals surface area contributed by atoms with E-state index < -0.39 is 0 Å². The van der Waals surface area contributed by atoms with Crippen LogP contribution < -0.4 is 11.1 Å². The first-order valence-corrected chi connectivity index (χ1v) is 6.66. The van der Waals surface area contributed by atoms with E-state index in [9.17, 15) is 0 Å². The van der Waals surface area contributed by atoms with E-state index in [1.807, 2.05) is 6.92 Å². The SMILES string of the molecule is Cc1nc(N)nc(NCC[C@@H]2CCCOC2)c1Cl. The second-order valence-electron chi connectivity index (χ2n) is 4.63. The molecule has 0 unspecified atom stereocenters. The molecule has 0 saturated carbocycles. The van der Waals surface area contributed by atoms with Crippen LogP contribution in [0.5, 0.6) is 0 Å². The largest absolute Gasteiger partial charge is 0.381 e. The highest BCUT2D eigenvalue weighted by atomic mass is 35.5. The Morgan fingerprint density at radius 2 is 2.33 bits per heavy atom. The van der Waals surface area contributed by atoms with E-state index in [1.54, 1.807) is 0 Å². The van der Waals surface area contributed by atoms with E-state index in [0.717, 1.165) is 32.6 Å². The summed E-state index contributed by atoms with van der Waals surface area (Å²) in [5.41, 5.74) is 6.30. The molecule has 3 N–H and O–H groups in total. The van der Waals surface area contributed by atoms with E-state index in [-0.39, 0.29) is 5.95 Å². The zero-order valence-electron chi connectivity index (χ0n) is 10.6. The summed E-state index contributed by atoms with van der Waals surface area (Å²) >= 11 is 6.12. The number of nitrogen functional groups attached to an aromatic ring is 1. The molecule has 1 fully saturated rings. The monoisotopic (exact) mass is 270 g/mol. The topological polar surface area (TPSA) is 73.1 Å². The number of hydrogen-bond acceptors (Lipinski definition) is 5. The highest BCUT2D eigenvalue weighted by molar-refractivity contribution is 6.33. The van der Waals surface area contributed by atoms with E-state index >= 15 is 0 Å². The first kappa shape index (κ1) is 13.4. The summed E-state index contributed by atoms with van der Waals surface area (Å²) < 4.78 is 5.45. The van der Waals surface area contributed by atoms with Gasteiger partial charge in [0.15, 0.2) is 5.82 Å². The molecular formula is C12H19ClN4O. The third kappa shape index (κ3) is 3.46. The number of nitrogens with zero attached hydrogens (tertiary/aromatic N) is 2. The molecule has 2 heterocycles. The van der Waals surface area contributed by atoms with Gasteiger partial charge >= 0.3 is 0 Å². The smallest absolute Gasteiger partial charge is 0.222 e. The predicted octanol–water partition coefficient (Wildman–Crippen LogP) is 2.25. The van der Waals surface area contributed by atoms with Crippen molar-refractivity contribution in [3.63, 3.8) is 0 Å². The molecule has 1 aliphatic heterocycles. The van der Waals surface area contributed by atoms with Gasteiger partial charge in [-0.15, -0.1) is 0 Å². The van der Waals surface area contributed by atoms with Crippen LogP contribution in [0.15, 0.2) is 0 Å². The number of aromatic nitrogens is 2. The second-order valence-corrected chi connectivity index (χ2v) is 5.01. The molecule has 1 aliphatic rings. The standard InChI is InChI=1S/C12H19ClN4O/c1-8-10(13)11(17-12(14)16-8)15-5-4-9-3-2-6-18-7-9/h9H,2-7H2,1H3,(H3,14,15,16,17)/t9-/m0/s1. The summed E-state index contributed by atoms with van der Waals surface area (Å²) in [5.74, 6) is 1.50. The van der Waals surface area contributed by atoms with Crippen LogP contribution in [0, 0.1) is 12.8 Å². The Labute approximate surface area is 112 Å². The molecule has 100 valence electrons. The maximum atomic E-state index is 6.12. The lowest BCUT2D eigenvalue weighted by Gasteiger charge is -2.22. The van der Waals surface area contributed by atoms with Crippen molar-refractivity contribution in [1.29, 1.82) is 0 Å². The number of aryl methyl sites for hydroxylation is 1. The van der Waals surface area contributed by atoms with Gasteiger partial charge in [0.05, 0.1) is 5.69 Å². The van der Waals surface area contributed by atoms with E-state index in [2.05, 4.69) is 15.3 Å². The van der Waals surface area contributed by atoms with Crippen molar-refractivity contribution < 1.29 is 4.74 Å². The highest BCUT2D eigenvalue weighted by Gasteiger charge is 2.14. The minimum absolute atomic E-state index is 0.250. The summed E-state index contributed by atoms with van der Waals surface area (Å²) in [6.07, 6.45) is 3.45. The van der Waals surface area contributed by atoms with Gasteiger partial charge in [0.25, 0.3) is 0 Å². The number of anilines is 2. The average Bonchev–Trinajstić information content (AvgIpc) is 2.36. The number of hydrogen-bond donors (Lipinski definition) is 2. The zero-order valence-corrected chi connectivity index (χ0v) is 11.3. The molecule has 0 aliphatic carbocycles. The van der Waals surface area contributed by atoms with Gasteiger partial charge in [-0.3, -0.25) is 0 Å². The maximum absolute atomic E-state index is 6.12. The molecule has 1 atom stereocenters. The van der Waals surface area contributed by atoms with Crippen LogP contribution >= 0.6 is 11.6 Å². The van der Waals surface area contributed by atoms with E-state index in [0.29, 0.717) is 22.5 Å². The number of nitrogens with one attached hydrogen (secondary N) is 1. The molecule has 18 heavy (non-hydrogen) atoms. The van der Waals surface area contributed by atoms with Gasteiger partial charge < -0.3 is 15.8 Å². The zero-order chi connectivity index (χ0) is 13.0. The quantitative estimate of drug-likeness (QED) is 0.878. The van der Waals surface area contributed by atoms with Crippen LogP contribution in [-0.4, -0.2) is 29.7 Å². The molecule has 0 spiro atoms. The van der Waals surface area contributed by atoms with Crippen molar-refractivity contribution in [2.24, 2.45) is 5.92 Å². The Morgan fingerprint density at radius 3 is 3.06 bits per heavy atom. The summed E-state index contributed by atoms with van der Waals surface area (Å²) in [4.78, 5) is 8.12. The molecule has 1 aromatic heterocycles. The van der Waals surface area contributed by atoms with Crippen molar-refractivity contribution >= 4 is 23.4 Å². The van der Waals surface area contributed by atoms with E-state index in [4.69, 9.17) is 22.1 Å². The molecule has 0 aromatic carbocycles. The van der Waals surface area contributed by atoms with Gasteiger partial charge in [-0.2, -0.15) is 4.98 Å². The fourth-order valence-corrected chi connectivity index (χ4v) is 2.28. The molecule has 2 rings (SSSR count). The van der Waals surface area contributed by atoms with Crippen LogP contribution in [0.25, 0.3) is 0 Å². The van der Waals surface area contributed by atoms with Crippen LogP contribution in [-0.2, 0) is 4.74 Å². The Kier molecular flexibility index (Phi) is 4.60. The number of halogens is 1. The minimum atomic E-state index is 0.250. The Balaban J connectivity index is 1.86. The highest BCUT2D eigenvalue weighted by Crippen LogP contribution is 2.23. The molecule has 0 radical (unpaired) electrons. The number of ether oxygens (including phenoxy) is 1. The van der Waals surface area contributed by atoms with Gasteiger partial charge in [-0.05, 0) is 32.1 Å². The average molecular weight is 271 g/mol. The summed E-state index contributed by atoms with van der Waals surface area (Å²) in [6, 6.07) is 0. The Morgan fingerprint density at radius 1 is 1.50 bits per heavy atom. The van der Waals surface area contributed by atoms with Crippen molar-refractivity contribution in [2.75, 3.05) is 30.8 Å². The summed E-state index contributed by atoms with van der Waals surface area (Å²) in [5, 5.41) is 3.77. The summed E-state index contributed by atoms with van der Waals surface area (Å²) in [7, 11) is 0. The Hall–Kier alpha value is -1.07. The minimum Gasteiger partial charge on any atom is -0.381 e. The summed E-state index contributed by atoms with van der Waals surface area (Å²) in [6.45, 7) is 4.40. The van der Waals surface area contributed by atoms with Gasteiger partial charge in [0.1, 0.15) is 5.02 Å². The van der Waals surface area contributed by atoms with Gasteiger partial charge in [0.2, 0.25) is 5.95 Å². The molecule has 0 bridgehead atoms. The third-order valence-corrected chi connectivity index (χ3v) is 3.59. The van der Waals surface area contributed by atoms with Gasteiger partial charge in [0, 0.05) is 19.8 Å². The lowest BCUT2D eigenvalue weighted by Crippen LogP contribution is -2.20. The van der Waals surface area contributed by atoms with Gasteiger partial charge in [-0.25, -0.2) is 4.98 Å². The predicted molar refractivity (Wildman–Crippen MR) is 72.8 cm³/mol. The molecule has 0 amide bonds. The van der Waals surface area contributed by atoms with Crippen molar-refractivity contribution in [3.05, 3.63) is 10.7 Å². The maximum Gasteiger partial charge on any atom is 0.222 e. The van der Waals surface area contributed by atoms with Crippen LogP contribution in [0.1, 0.15) is 25.0 Å². The van der Waals surface area contributed by atoms with Gasteiger partial charge in [-0.1, -0.05) is 11.6 Å². The normalized spacial score (nSPS) is 19.8. The fraction of sp³-hybridized carbons (Fsp3) is 0.667. The fourth-order valence-electron chi connectivity index (χ4n) is 2.13. The third-order valence-electron chi connectivity index (χ3n) is 3.13. The lowest BCUT2D eigenvalue weighted by atomic mass is 9.99. The number of nitrogens with two attached hydrogens (primary N) is 1. The first-order valence-electron chi connectivity index (χ1n) is 6.28. The van der Waals surface area contributed by atoms with Crippen LogP contribution in [0.4, 0.5) is 11.8 Å². The second kappa shape index (κ2) is 6.20.